The number of benzene rings is 3. The number of amides is 1. The molecule has 192 valence electrons. The number of thiazole rings is 1. The molecule has 2 heterocycles. The summed E-state index contributed by atoms with van der Waals surface area (Å²) >= 11 is 0.878. The number of hydrogen-bond acceptors (Lipinski definition) is 6. The second kappa shape index (κ2) is 10.1. The van der Waals surface area contributed by atoms with E-state index in [-0.39, 0.29) is 16.5 Å². The van der Waals surface area contributed by atoms with E-state index in [0.717, 1.165) is 44.1 Å². The number of anilines is 1. The van der Waals surface area contributed by atoms with Crippen LogP contribution in [-0.4, -0.2) is 41.0 Å². The van der Waals surface area contributed by atoms with Crippen molar-refractivity contribution in [3.8, 4) is 16.4 Å². The maximum absolute atomic E-state index is 13.9. The van der Waals surface area contributed by atoms with Gasteiger partial charge in [-0.15, -0.1) is 11.3 Å². The highest BCUT2D eigenvalue weighted by atomic mass is 32.1. The van der Waals surface area contributed by atoms with Crippen LogP contribution in [0.1, 0.15) is 21.7 Å². The molecule has 0 aliphatic carbocycles. The van der Waals surface area contributed by atoms with Gasteiger partial charge in [0.05, 0.1) is 11.9 Å². The number of carbonyl (C=O) groups is 1. The lowest BCUT2D eigenvalue weighted by Crippen LogP contribution is -2.18. The molecule has 0 aliphatic rings. The van der Waals surface area contributed by atoms with Gasteiger partial charge in [-0.25, -0.2) is 15.1 Å². The van der Waals surface area contributed by atoms with Crippen LogP contribution < -0.4 is 10.3 Å². The van der Waals surface area contributed by atoms with Crippen LogP contribution in [-0.2, 0) is 6.18 Å². The van der Waals surface area contributed by atoms with Crippen molar-refractivity contribution in [1.29, 1.82) is 0 Å². The highest BCUT2D eigenvalue weighted by Gasteiger charge is 2.37. The Morgan fingerprint density at radius 1 is 1.03 bits per heavy atom. The van der Waals surface area contributed by atoms with Crippen LogP contribution in [0.3, 0.4) is 0 Å². The summed E-state index contributed by atoms with van der Waals surface area (Å²) in [5, 5.41) is 11.3. The minimum absolute atomic E-state index is 0.0685. The molecule has 0 saturated heterocycles. The first kappa shape index (κ1) is 25.2. The quantitative estimate of drug-likeness (QED) is 0.214. The molecule has 0 spiro atoms. The zero-order chi connectivity index (χ0) is 26.9. The third-order valence-electron chi connectivity index (χ3n) is 5.74. The van der Waals surface area contributed by atoms with Crippen LogP contribution in [0.15, 0.2) is 83.3 Å². The normalized spacial score (nSPS) is 11.8. The third-order valence-corrected chi connectivity index (χ3v) is 6.56. The maximum Gasteiger partial charge on any atom is 0.433 e. The van der Waals surface area contributed by atoms with Crippen LogP contribution in [0.4, 0.5) is 18.9 Å². The lowest BCUT2D eigenvalue weighted by atomic mass is 10.1. The third kappa shape index (κ3) is 5.28. The summed E-state index contributed by atoms with van der Waals surface area (Å²) in [5.74, 6) is -0.649. The zero-order valence-corrected chi connectivity index (χ0v) is 21.1. The number of fused-ring (bicyclic) bond motifs is 1. The minimum Gasteiger partial charge on any atom is -0.378 e. The van der Waals surface area contributed by atoms with E-state index < -0.39 is 17.8 Å². The van der Waals surface area contributed by atoms with E-state index in [0.29, 0.717) is 5.56 Å². The van der Waals surface area contributed by atoms with Gasteiger partial charge < -0.3 is 4.90 Å². The fourth-order valence-electron chi connectivity index (χ4n) is 3.77. The Bertz CT molecular complexity index is 1640. The SMILES string of the molecule is CN(C)c1ccc(/C=N/NC(=O)c2csc(-n3nc(-c4ccc5ccccc5c4)cc3C(F)(F)F)n2)cc1. The van der Waals surface area contributed by atoms with Gasteiger partial charge in [0.25, 0.3) is 5.91 Å². The summed E-state index contributed by atoms with van der Waals surface area (Å²) in [6.07, 6.45) is -3.21. The maximum atomic E-state index is 13.9. The molecule has 5 aromatic rings. The van der Waals surface area contributed by atoms with Crippen molar-refractivity contribution < 1.29 is 18.0 Å². The molecule has 0 radical (unpaired) electrons. The Kier molecular flexibility index (Phi) is 6.68. The van der Waals surface area contributed by atoms with Gasteiger partial charge in [0.2, 0.25) is 5.13 Å². The summed E-state index contributed by atoms with van der Waals surface area (Å²) < 4.78 is 42.4. The molecular weight excluding hydrogens is 513 g/mol. The summed E-state index contributed by atoms with van der Waals surface area (Å²) in [6, 6.07) is 21.4. The molecule has 0 atom stereocenters. The van der Waals surface area contributed by atoms with Gasteiger partial charge in [0.15, 0.2) is 5.69 Å². The Morgan fingerprint density at radius 3 is 2.47 bits per heavy atom. The first-order valence-electron chi connectivity index (χ1n) is 11.4. The van der Waals surface area contributed by atoms with E-state index in [1.54, 1.807) is 12.1 Å². The van der Waals surface area contributed by atoms with Gasteiger partial charge in [-0.3, -0.25) is 4.79 Å². The van der Waals surface area contributed by atoms with Crippen LogP contribution in [0.2, 0.25) is 0 Å². The van der Waals surface area contributed by atoms with Gasteiger partial charge >= 0.3 is 6.18 Å². The van der Waals surface area contributed by atoms with E-state index in [4.69, 9.17) is 0 Å². The van der Waals surface area contributed by atoms with Crippen molar-refractivity contribution in [3.05, 3.63) is 95.1 Å². The number of hydrazone groups is 1. The average Bonchev–Trinajstić information content (AvgIpc) is 3.57. The van der Waals surface area contributed by atoms with Crippen molar-refractivity contribution in [2.75, 3.05) is 19.0 Å². The standard InChI is InChI=1S/C27H21F3N6OS/c1-35(2)21-11-7-17(8-12-21)15-31-33-25(37)23-16-38-26(32-23)36-24(27(28,29)30)14-22(34-36)20-10-9-18-5-3-4-6-19(18)13-20/h3-16H,1-2H3,(H,33,37)/b31-15+. The molecule has 0 aliphatic heterocycles. The number of aromatic nitrogens is 3. The second-order valence-electron chi connectivity index (χ2n) is 8.59. The molecule has 0 unspecified atom stereocenters. The number of carbonyl (C=O) groups excluding carboxylic acids is 1. The fraction of sp³-hybridized carbons (Fsp3) is 0.111. The predicted octanol–water partition coefficient (Wildman–Crippen LogP) is 6.00. The Balaban J connectivity index is 1.38. The molecule has 1 amide bonds. The van der Waals surface area contributed by atoms with Crippen LogP contribution in [0, 0.1) is 0 Å². The van der Waals surface area contributed by atoms with Crippen molar-refractivity contribution >= 4 is 39.9 Å². The highest BCUT2D eigenvalue weighted by molar-refractivity contribution is 7.12. The van der Waals surface area contributed by atoms with E-state index in [1.807, 2.05) is 73.6 Å². The summed E-state index contributed by atoms with van der Waals surface area (Å²) in [6.45, 7) is 0. The number of nitrogens with zero attached hydrogens (tertiary/aromatic N) is 5. The van der Waals surface area contributed by atoms with Crippen LogP contribution in [0.25, 0.3) is 27.2 Å². The smallest absolute Gasteiger partial charge is 0.378 e. The van der Waals surface area contributed by atoms with Gasteiger partial charge in [-0.2, -0.15) is 23.4 Å². The Morgan fingerprint density at radius 2 is 1.76 bits per heavy atom. The van der Waals surface area contributed by atoms with Gasteiger partial charge in [0, 0.05) is 30.7 Å². The monoisotopic (exact) mass is 534 g/mol. The minimum atomic E-state index is -4.68. The van der Waals surface area contributed by atoms with Crippen molar-refractivity contribution in [3.63, 3.8) is 0 Å². The molecule has 38 heavy (non-hydrogen) atoms. The largest absolute Gasteiger partial charge is 0.433 e. The molecule has 2 aromatic heterocycles. The zero-order valence-electron chi connectivity index (χ0n) is 20.3. The first-order valence-corrected chi connectivity index (χ1v) is 12.3. The molecule has 7 nitrogen and oxygen atoms in total. The molecule has 1 N–H and O–H groups in total. The van der Waals surface area contributed by atoms with Gasteiger partial charge in [-0.1, -0.05) is 48.5 Å². The van der Waals surface area contributed by atoms with Gasteiger partial charge in [-0.05, 0) is 40.6 Å². The first-order chi connectivity index (χ1) is 18.2. The van der Waals surface area contributed by atoms with Crippen LogP contribution in [0.5, 0.6) is 0 Å². The number of nitrogens with one attached hydrogen (secondary N) is 1. The van der Waals surface area contributed by atoms with E-state index in [9.17, 15) is 18.0 Å². The second-order valence-corrected chi connectivity index (χ2v) is 9.42. The summed E-state index contributed by atoms with van der Waals surface area (Å²) in [7, 11) is 3.85. The van der Waals surface area contributed by atoms with E-state index in [1.165, 1.54) is 11.6 Å². The predicted molar refractivity (Wildman–Crippen MR) is 143 cm³/mol. The molecule has 5 rings (SSSR count). The van der Waals surface area contributed by atoms with Crippen molar-refractivity contribution in [1.82, 2.24) is 20.2 Å². The lowest BCUT2D eigenvalue weighted by molar-refractivity contribution is -0.142. The molecule has 0 fully saturated rings. The molecule has 3 aromatic carbocycles. The van der Waals surface area contributed by atoms with Crippen LogP contribution >= 0.6 is 11.3 Å². The average molecular weight is 535 g/mol. The highest BCUT2D eigenvalue weighted by Crippen LogP contribution is 2.35. The molecular formula is C27H21F3N6OS. The number of halogens is 3. The van der Waals surface area contributed by atoms with E-state index in [2.05, 4.69) is 20.6 Å². The van der Waals surface area contributed by atoms with Gasteiger partial charge in [0.1, 0.15) is 5.69 Å². The summed E-state index contributed by atoms with van der Waals surface area (Å²) in [4.78, 5) is 18.6. The number of hydrogen-bond donors (Lipinski definition) is 1. The topological polar surface area (TPSA) is 75.4 Å². The molecule has 0 saturated carbocycles. The Hall–Kier alpha value is -4.51. The number of rotatable bonds is 6. The molecule has 0 bridgehead atoms. The van der Waals surface area contributed by atoms with E-state index >= 15 is 0 Å². The van der Waals surface area contributed by atoms with Crippen molar-refractivity contribution in [2.45, 2.75) is 6.18 Å². The lowest BCUT2D eigenvalue weighted by Gasteiger charge is -2.11. The Labute approximate surface area is 219 Å². The number of alkyl halides is 3. The summed E-state index contributed by atoms with van der Waals surface area (Å²) in [5.41, 5.74) is 3.77. The fourth-order valence-corrected chi connectivity index (χ4v) is 4.53. The molecule has 11 heteroatoms. The van der Waals surface area contributed by atoms with Crippen molar-refractivity contribution in [2.24, 2.45) is 5.10 Å².